The number of benzene rings is 1. The first-order valence-electron chi connectivity index (χ1n) is 8.64. The van der Waals surface area contributed by atoms with Crippen LogP contribution in [0.4, 0.5) is 10.1 Å². The average molecular weight is 327 g/mol. The van der Waals surface area contributed by atoms with Gasteiger partial charge in [0.2, 0.25) is 11.8 Å². The lowest BCUT2D eigenvalue weighted by atomic mass is 9.46. The molecule has 5 rings (SSSR count). The standard InChI is InChI=1S/C20H22FNO2/c1-12(2)20-10-8-19(3,9-11-20)15-16(20)18(24)22(17(15)23)14-6-4-13(21)5-7-14/h4-8,10,12,15-16H,9,11H2,1-3H3/t15-,16+,19+,20-/m1/s1. The second-order valence-electron chi connectivity index (χ2n) is 8.05. The monoisotopic (exact) mass is 327 g/mol. The molecule has 1 aromatic rings. The van der Waals surface area contributed by atoms with Gasteiger partial charge in [0.25, 0.3) is 0 Å². The fraction of sp³-hybridized carbons (Fsp3) is 0.500. The smallest absolute Gasteiger partial charge is 0.238 e. The lowest BCUT2D eigenvalue weighted by Crippen LogP contribution is -2.53. The zero-order valence-electron chi connectivity index (χ0n) is 14.3. The van der Waals surface area contributed by atoms with Crippen LogP contribution in [0.5, 0.6) is 0 Å². The van der Waals surface area contributed by atoms with Crippen molar-refractivity contribution < 1.29 is 14.0 Å². The van der Waals surface area contributed by atoms with Crippen LogP contribution in [0, 0.1) is 34.4 Å². The maximum Gasteiger partial charge on any atom is 0.238 e. The van der Waals surface area contributed by atoms with E-state index in [9.17, 15) is 14.0 Å². The summed E-state index contributed by atoms with van der Waals surface area (Å²) >= 11 is 0. The molecule has 24 heavy (non-hydrogen) atoms. The summed E-state index contributed by atoms with van der Waals surface area (Å²) in [4.78, 5) is 27.7. The van der Waals surface area contributed by atoms with Crippen LogP contribution in [0.3, 0.4) is 0 Å². The largest absolute Gasteiger partial charge is 0.274 e. The molecule has 3 nitrogen and oxygen atoms in total. The highest BCUT2D eigenvalue weighted by molar-refractivity contribution is 6.23. The number of amides is 2. The van der Waals surface area contributed by atoms with Crippen molar-refractivity contribution in [2.24, 2.45) is 28.6 Å². The first kappa shape index (κ1) is 15.6. The number of rotatable bonds is 2. The van der Waals surface area contributed by atoms with Crippen molar-refractivity contribution in [2.75, 3.05) is 4.90 Å². The molecule has 4 heteroatoms. The molecule has 4 atom stereocenters. The number of fused-ring (bicyclic) bond motifs is 1. The molecule has 0 aromatic heterocycles. The number of halogens is 1. The third-order valence-electron chi connectivity index (χ3n) is 6.63. The summed E-state index contributed by atoms with van der Waals surface area (Å²) in [6, 6.07) is 5.62. The van der Waals surface area contributed by atoms with Crippen LogP contribution in [0.1, 0.15) is 33.6 Å². The summed E-state index contributed by atoms with van der Waals surface area (Å²) in [5, 5.41) is 0. The van der Waals surface area contributed by atoms with Gasteiger partial charge in [0.05, 0.1) is 17.5 Å². The molecule has 2 fully saturated rings. The molecule has 1 aliphatic heterocycles. The average Bonchev–Trinajstić information content (AvgIpc) is 2.83. The van der Waals surface area contributed by atoms with E-state index in [1.807, 2.05) is 0 Å². The van der Waals surface area contributed by atoms with Crippen LogP contribution < -0.4 is 4.90 Å². The quantitative estimate of drug-likeness (QED) is 0.609. The molecule has 0 radical (unpaired) electrons. The van der Waals surface area contributed by atoms with Crippen LogP contribution in [-0.2, 0) is 9.59 Å². The van der Waals surface area contributed by atoms with E-state index in [1.165, 1.54) is 29.2 Å². The number of nitrogens with zero attached hydrogens (tertiary/aromatic N) is 1. The Labute approximate surface area is 141 Å². The molecule has 2 bridgehead atoms. The number of hydrogen-bond acceptors (Lipinski definition) is 2. The Morgan fingerprint density at radius 2 is 1.67 bits per heavy atom. The summed E-state index contributed by atoms with van der Waals surface area (Å²) in [6.45, 7) is 6.35. The molecule has 4 aliphatic rings. The second-order valence-corrected chi connectivity index (χ2v) is 8.05. The van der Waals surface area contributed by atoms with Crippen LogP contribution in [0.25, 0.3) is 0 Å². The summed E-state index contributed by atoms with van der Waals surface area (Å²) in [6.07, 6.45) is 6.23. The summed E-state index contributed by atoms with van der Waals surface area (Å²) in [7, 11) is 0. The highest BCUT2D eigenvalue weighted by atomic mass is 19.1. The SMILES string of the molecule is CC(C)[C@@]12C=C[C@@](C)(CC1)[C@H]1C(=O)N(c3ccc(F)cc3)C(=O)[C@H]12. The van der Waals surface area contributed by atoms with E-state index in [0.29, 0.717) is 5.69 Å². The van der Waals surface area contributed by atoms with Gasteiger partial charge in [-0.1, -0.05) is 32.9 Å². The second kappa shape index (κ2) is 4.78. The van der Waals surface area contributed by atoms with Crippen LogP contribution in [0.15, 0.2) is 36.4 Å². The Bertz CT molecular complexity index is 753. The number of carbonyl (C=O) groups is 2. The van der Waals surface area contributed by atoms with Gasteiger partial charge in [0, 0.05) is 5.41 Å². The van der Waals surface area contributed by atoms with Gasteiger partial charge in [0.15, 0.2) is 0 Å². The molecule has 0 N–H and O–H groups in total. The van der Waals surface area contributed by atoms with Crippen molar-refractivity contribution in [2.45, 2.75) is 33.6 Å². The maximum absolute atomic E-state index is 13.3. The zero-order valence-corrected chi connectivity index (χ0v) is 14.3. The summed E-state index contributed by atoms with van der Waals surface area (Å²) in [5.74, 6) is -0.956. The van der Waals surface area contributed by atoms with Gasteiger partial charge < -0.3 is 0 Å². The molecule has 0 spiro atoms. The minimum absolute atomic E-state index is 0.124. The molecule has 126 valence electrons. The van der Waals surface area contributed by atoms with Crippen LogP contribution in [-0.4, -0.2) is 11.8 Å². The van der Waals surface area contributed by atoms with Crippen molar-refractivity contribution in [1.29, 1.82) is 0 Å². The summed E-state index contributed by atoms with van der Waals surface area (Å²) < 4.78 is 13.2. The minimum Gasteiger partial charge on any atom is -0.274 e. The Morgan fingerprint density at radius 3 is 2.21 bits per heavy atom. The molecular weight excluding hydrogens is 305 g/mol. The number of hydrogen-bond donors (Lipinski definition) is 0. The molecule has 1 saturated heterocycles. The Morgan fingerprint density at radius 1 is 1.04 bits per heavy atom. The first-order chi connectivity index (χ1) is 11.3. The maximum atomic E-state index is 13.3. The first-order valence-corrected chi connectivity index (χ1v) is 8.64. The molecular formula is C20H22FNO2. The van der Waals surface area contributed by atoms with E-state index in [1.54, 1.807) is 0 Å². The van der Waals surface area contributed by atoms with Gasteiger partial charge in [0.1, 0.15) is 5.82 Å². The van der Waals surface area contributed by atoms with Crippen molar-refractivity contribution in [3.05, 3.63) is 42.2 Å². The van der Waals surface area contributed by atoms with Gasteiger partial charge in [-0.15, -0.1) is 0 Å². The molecule has 1 heterocycles. The van der Waals surface area contributed by atoms with Crippen molar-refractivity contribution >= 4 is 17.5 Å². The highest BCUT2D eigenvalue weighted by Gasteiger charge is 2.67. The Balaban J connectivity index is 1.84. The van der Waals surface area contributed by atoms with Crippen molar-refractivity contribution in [3.63, 3.8) is 0 Å². The third-order valence-corrected chi connectivity index (χ3v) is 6.63. The van der Waals surface area contributed by atoms with E-state index < -0.39 is 0 Å². The predicted octanol–water partition coefficient (Wildman–Crippen LogP) is 3.94. The van der Waals surface area contributed by atoms with Gasteiger partial charge in [-0.3, -0.25) is 9.59 Å². The van der Waals surface area contributed by atoms with Crippen molar-refractivity contribution in [1.82, 2.24) is 0 Å². The Hall–Kier alpha value is -1.97. The Kier molecular flexibility index (Phi) is 3.09. The van der Waals surface area contributed by atoms with Gasteiger partial charge >= 0.3 is 0 Å². The predicted molar refractivity (Wildman–Crippen MR) is 89.6 cm³/mol. The van der Waals surface area contributed by atoms with Gasteiger partial charge in [-0.25, -0.2) is 9.29 Å². The van der Waals surface area contributed by atoms with E-state index in [2.05, 4.69) is 32.9 Å². The van der Waals surface area contributed by atoms with Gasteiger partial charge in [-0.2, -0.15) is 0 Å². The number of carbonyl (C=O) groups excluding carboxylic acids is 2. The van der Waals surface area contributed by atoms with Crippen LogP contribution >= 0.6 is 0 Å². The molecule has 3 aliphatic carbocycles. The number of imide groups is 1. The van der Waals surface area contributed by atoms with Gasteiger partial charge in [-0.05, 0) is 48.4 Å². The third kappa shape index (κ3) is 1.77. The fourth-order valence-corrected chi connectivity index (χ4v) is 5.08. The molecule has 0 unspecified atom stereocenters. The zero-order chi connectivity index (χ0) is 17.3. The highest BCUT2D eigenvalue weighted by Crippen LogP contribution is 2.64. The van der Waals surface area contributed by atoms with Crippen molar-refractivity contribution in [3.8, 4) is 0 Å². The topological polar surface area (TPSA) is 37.4 Å². The normalized spacial score (nSPS) is 37.5. The lowest BCUT2D eigenvalue weighted by molar-refractivity contribution is -0.135. The van der Waals surface area contributed by atoms with Crippen LogP contribution in [0.2, 0.25) is 0 Å². The molecule has 1 aromatic carbocycles. The fourth-order valence-electron chi connectivity index (χ4n) is 5.08. The lowest BCUT2D eigenvalue weighted by Gasteiger charge is -2.55. The van der Waals surface area contributed by atoms with E-state index in [4.69, 9.17) is 0 Å². The minimum atomic E-state index is -0.373. The van der Waals surface area contributed by atoms with E-state index in [0.717, 1.165) is 12.8 Å². The number of allylic oxidation sites excluding steroid dienone is 2. The summed E-state index contributed by atoms with van der Waals surface area (Å²) in [5.41, 5.74) is -0.0324. The molecule has 1 saturated carbocycles. The number of anilines is 1. The molecule has 2 amide bonds. The van der Waals surface area contributed by atoms with E-state index >= 15 is 0 Å². The van der Waals surface area contributed by atoms with E-state index in [-0.39, 0.29) is 46.2 Å².